The van der Waals surface area contributed by atoms with Gasteiger partial charge in [-0.05, 0) is 53.2 Å². The number of carbonyl (C=O) groups excluding carboxylic acids is 1. The fraction of sp³-hybridized carbons (Fsp3) is 0. The largest absolute Gasteiger partial charge is 0.322 e. The summed E-state index contributed by atoms with van der Waals surface area (Å²) in [6, 6.07) is 28.9. The van der Waals surface area contributed by atoms with Crippen LogP contribution in [0, 0.1) is 0 Å². The lowest BCUT2D eigenvalue weighted by Crippen LogP contribution is -2.11. The quantitative estimate of drug-likeness (QED) is 0.236. The summed E-state index contributed by atoms with van der Waals surface area (Å²) in [7, 11) is 0. The number of carbonyl (C=O) groups is 1. The van der Waals surface area contributed by atoms with Crippen LogP contribution in [0.25, 0.3) is 43.6 Å². The van der Waals surface area contributed by atoms with E-state index in [1.807, 2.05) is 30.3 Å². The summed E-state index contributed by atoms with van der Waals surface area (Å²) >= 11 is 5.93. The van der Waals surface area contributed by atoms with Crippen molar-refractivity contribution in [2.75, 3.05) is 5.32 Å². The van der Waals surface area contributed by atoms with E-state index in [1.54, 1.807) is 36.4 Å². The number of hydrogen-bond acceptors (Lipinski definition) is 3. The van der Waals surface area contributed by atoms with E-state index in [-0.39, 0.29) is 5.91 Å². The Bertz CT molecular complexity index is 1680. The smallest absolute Gasteiger partial charge is 0.255 e. The Kier molecular flexibility index (Phi) is 4.27. The first-order valence-corrected chi connectivity index (χ1v) is 10.6. The molecule has 1 aromatic heterocycles. The van der Waals surface area contributed by atoms with Crippen LogP contribution in [-0.4, -0.2) is 15.9 Å². The highest BCUT2D eigenvalue weighted by Gasteiger charge is 2.13. The molecule has 1 heterocycles. The first-order valence-electron chi connectivity index (χ1n) is 10.3. The minimum absolute atomic E-state index is 0.209. The summed E-state index contributed by atoms with van der Waals surface area (Å²) in [5.74, 6) is -0.209. The first-order chi connectivity index (χ1) is 15.7. The van der Waals surface area contributed by atoms with Crippen molar-refractivity contribution in [3.63, 3.8) is 0 Å². The third kappa shape index (κ3) is 3.04. The second kappa shape index (κ2) is 7.29. The fourth-order valence-electron chi connectivity index (χ4n) is 4.16. The molecule has 0 unspecified atom stereocenters. The Morgan fingerprint density at radius 1 is 0.656 bits per heavy atom. The summed E-state index contributed by atoms with van der Waals surface area (Å²) in [6.07, 6.45) is 0. The molecule has 0 fully saturated rings. The lowest BCUT2D eigenvalue weighted by molar-refractivity contribution is 0.102. The maximum atomic E-state index is 12.8. The van der Waals surface area contributed by atoms with Gasteiger partial charge < -0.3 is 5.32 Å². The van der Waals surface area contributed by atoms with E-state index in [2.05, 4.69) is 29.6 Å². The number of anilines is 1. The topological polar surface area (TPSA) is 54.9 Å². The fourth-order valence-corrected chi connectivity index (χ4v) is 4.28. The molecule has 0 spiro atoms. The van der Waals surface area contributed by atoms with Gasteiger partial charge in [-0.25, -0.2) is 9.97 Å². The van der Waals surface area contributed by atoms with Crippen molar-refractivity contribution in [3.8, 4) is 0 Å². The monoisotopic (exact) mass is 433 g/mol. The van der Waals surface area contributed by atoms with Gasteiger partial charge in [-0.1, -0.05) is 60.1 Å². The van der Waals surface area contributed by atoms with Crippen LogP contribution in [0.5, 0.6) is 0 Å². The predicted octanol–water partition coefficient (Wildman–Crippen LogP) is 7.00. The molecule has 152 valence electrons. The summed E-state index contributed by atoms with van der Waals surface area (Å²) < 4.78 is 0. The molecular formula is C27H16ClN3O. The molecule has 1 amide bonds. The minimum Gasteiger partial charge on any atom is -0.322 e. The third-order valence-corrected chi connectivity index (χ3v) is 5.94. The van der Waals surface area contributed by atoms with Crippen LogP contribution in [-0.2, 0) is 0 Å². The molecule has 0 aliphatic rings. The Balaban J connectivity index is 1.53. The average molecular weight is 434 g/mol. The van der Waals surface area contributed by atoms with Crippen LogP contribution in [0.1, 0.15) is 10.4 Å². The predicted molar refractivity (Wildman–Crippen MR) is 131 cm³/mol. The van der Waals surface area contributed by atoms with Gasteiger partial charge in [-0.2, -0.15) is 0 Å². The van der Waals surface area contributed by atoms with E-state index >= 15 is 0 Å². The first kappa shape index (κ1) is 18.7. The van der Waals surface area contributed by atoms with Gasteiger partial charge in [0.05, 0.1) is 22.1 Å². The van der Waals surface area contributed by atoms with Gasteiger partial charge in [-0.15, -0.1) is 0 Å². The van der Waals surface area contributed by atoms with Gasteiger partial charge in [0, 0.05) is 27.0 Å². The molecule has 0 radical (unpaired) electrons. The Morgan fingerprint density at radius 3 is 1.84 bits per heavy atom. The molecule has 32 heavy (non-hydrogen) atoms. The second-order valence-electron chi connectivity index (χ2n) is 7.68. The molecule has 0 atom stereocenters. The van der Waals surface area contributed by atoms with E-state index in [4.69, 9.17) is 21.6 Å². The van der Waals surface area contributed by atoms with Gasteiger partial charge >= 0.3 is 0 Å². The summed E-state index contributed by atoms with van der Waals surface area (Å²) in [5, 5.41) is 7.93. The Labute approximate surface area is 188 Å². The number of rotatable bonds is 2. The van der Waals surface area contributed by atoms with Crippen LogP contribution >= 0.6 is 11.6 Å². The van der Waals surface area contributed by atoms with Gasteiger partial charge in [0.2, 0.25) is 0 Å². The number of benzene rings is 5. The van der Waals surface area contributed by atoms with Crippen molar-refractivity contribution in [1.82, 2.24) is 9.97 Å². The van der Waals surface area contributed by atoms with Gasteiger partial charge in [0.1, 0.15) is 0 Å². The van der Waals surface area contributed by atoms with Crippen molar-refractivity contribution >= 4 is 66.8 Å². The van der Waals surface area contributed by atoms with Crippen LogP contribution < -0.4 is 5.32 Å². The van der Waals surface area contributed by atoms with Crippen LogP contribution in [0.15, 0.2) is 91.0 Å². The molecule has 4 nitrogen and oxygen atoms in total. The van der Waals surface area contributed by atoms with Gasteiger partial charge in [-0.3, -0.25) is 4.79 Å². The second-order valence-corrected chi connectivity index (χ2v) is 8.11. The SMILES string of the molecule is O=C(Nc1ccc(Cl)cc1)c1ccc2nc3c4ccccc4c4ccccc4c3nc2c1. The zero-order valence-electron chi connectivity index (χ0n) is 16.8. The molecule has 5 heteroatoms. The minimum atomic E-state index is -0.209. The van der Waals surface area contributed by atoms with E-state index in [0.717, 1.165) is 38.1 Å². The van der Waals surface area contributed by atoms with E-state index < -0.39 is 0 Å². The average Bonchev–Trinajstić information content (AvgIpc) is 2.84. The Hall–Kier alpha value is -4.02. The number of fused-ring (bicyclic) bond motifs is 7. The Morgan fingerprint density at radius 2 is 1.22 bits per heavy atom. The number of hydrogen-bond donors (Lipinski definition) is 1. The molecule has 5 aromatic carbocycles. The van der Waals surface area contributed by atoms with Crippen molar-refractivity contribution in [3.05, 3.63) is 102 Å². The molecule has 6 rings (SSSR count). The normalized spacial score (nSPS) is 11.4. The van der Waals surface area contributed by atoms with E-state index in [9.17, 15) is 4.79 Å². The molecule has 1 N–H and O–H groups in total. The maximum absolute atomic E-state index is 12.8. The summed E-state index contributed by atoms with van der Waals surface area (Å²) in [5.41, 5.74) is 4.34. The molecule has 0 saturated heterocycles. The van der Waals surface area contributed by atoms with Crippen LogP contribution in [0.3, 0.4) is 0 Å². The molecule has 0 aliphatic heterocycles. The lowest BCUT2D eigenvalue weighted by atomic mass is 9.99. The third-order valence-electron chi connectivity index (χ3n) is 5.68. The summed E-state index contributed by atoms with van der Waals surface area (Å²) in [6.45, 7) is 0. The molecular weight excluding hydrogens is 418 g/mol. The lowest BCUT2D eigenvalue weighted by Gasteiger charge is -2.11. The van der Waals surface area contributed by atoms with Crippen LogP contribution in [0.2, 0.25) is 5.02 Å². The highest BCUT2D eigenvalue weighted by atomic mass is 35.5. The van der Waals surface area contributed by atoms with E-state index in [0.29, 0.717) is 21.8 Å². The molecule has 0 bridgehead atoms. The van der Waals surface area contributed by atoms with Crippen LogP contribution in [0.4, 0.5) is 5.69 Å². The highest BCUT2D eigenvalue weighted by Crippen LogP contribution is 2.34. The molecule has 0 aliphatic carbocycles. The number of halogens is 1. The van der Waals surface area contributed by atoms with Crippen molar-refractivity contribution in [2.45, 2.75) is 0 Å². The van der Waals surface area contributed by atoms with Gasteiger partial charge in [0.25, 0.3) is 5.91 Å². The summed E-state index contributed by atoms with van der Waals surface area (Å²) in [4.78, 5) is 22.7. The number of nitrogens with zero attached hydrogens (tertiary/aromatic N) is 2. The zero-order valence-corrected chi connectivity index (χ0v) is 17.6. The van der Waals surface area contributed by atoms with Crippen molar-refractivity contribution in [1.29, 1.82) is 0 Å². The zero-order chi connectivity index (χ0) is 21.7. The van der Waals surface area contributed by atoms with E-state index in [1.165, 1.54) is 0 Å². The van der Waals surface area contributed by atoms with Crippen molar-refractivity contribution < 1.29 is 4.79 Å². The number of aromatic nitrogens is 2. The standard InChI is InChI=1S/C27H16ClN3O/c28-17-10-12-18(13-11-17)29-27(32)16-9-14-23-24(15-16)31-26-22-8-4-2-6-20(22)19-5-1-3-7-21(19)25(26)30-23/h1-15H,(H,29,32). The number of amides is 1. The molecule has 0 saturated carbocycles. The highest BCUT2D eigenvalue weighted by molar-refractivity contribution is 6.30. The van der Waals surface area contributed by atoms with Crippen molar-refractivity contribution in [2.24, 2.45) is 0 Å². The number of nitrogens with one attached hydrogen (secondary N) is 1. The van der Waals surface area contributed by atoms with Gasteiger partial charge in [0.15, 0.2) is 0 Å². The maximum Gasteiger partial charge on any atom is 0.255 e. The molecule has 6 aromatic rings.